The molecule has 1 aliphatic heterocycles. The number of carbonyl (C=O) groups is 1. The second-order valence-corrected chi connectivity index (χ2v) is 6.47. The van der Waals surface area contributed by atoms with E-state index in [1.165, 1.54) is 0 Å². The maximum atomic E-state index is 12.8. The fourth-order valence-electron chi connectivity index (χ4n) is 3.17. The Labute approximate surface area is 152 Å². The Morgan fingerprint density at radius 2 is 2.08 bits per heavy atom. The molecule has 1 aliphatic rings. The first-order valence-corrected chi connectivity index (χ1v) is 8.89. The van der Waals surface area contributed by atoms with Crippen molar-refractivity contribution in [3.05, 3.63) is 53.9 Å². The Morgan fingerprint density at radius 3 is 2.96 bits per heavy atom. The second kappa shape index (κ2) is 7.13. The highest BCUT2D eigenvalue weighted by molar-refractivity contribution is 6.08. The van der Waals surface area contributed by atoms with Crippen molar-refractivity contribution in [2.24, 2.45) is 0 Å². The number of amides is 1. The molecule has 0 radical (unpaired) electrons. The van der Waals surface area contributed by atoms with Crippen molar-refractivity contribution in [1.29, 1.82) is 0 Å². The summed E-state index contributed by atoms with van der Waals surface area (Å²) in [5.74, 6) is 0.683. The maximum absolute atomic E-state index is 12.8. The van der Waals surface area contributed by atoms with Crippen molar-refractivity contribution >= 4 is 23.1 Å². The van der Waals surface area contributed by atoms with E-state index in [1.807, 2.05) is 43.5 Å². The smallest absolute Gasteiger partial charge is 0.261 e. The van der Waals surface area contributed by atoms with Crippen LogP contribution < -0.4 is 15.5 Å². The van der Waals surface area contributed by atoms with Gasteiger partial charge in [-0.1, -0.05) is 18.2 Å². The van der Waals surface area contributed by atoms with Gasteiger partial charge in [0.1, 0.15) is 11.4 Å². The largest absolute Gasteiger partial charge is 0.355 e. The van der Waals surface area contributed by atoms with E-state index in [1.54, 1.807) is 10.7 Å². The molecule has 2 aromatic heterocycles. The predicted octanol–water partition coefficient (Wildman–Crippen LogP) is 2.09. The van der Waals surface area contributed by atoms with Gasteiger partial charge in [0.2, 0.25) is 0 Å². The van der Waals surface area contributed by atoms with Crippen molar-refractivity contribution < 1.29 is 4.79 Å². The molecule has 134 valence electrons. The van der Waals surface area contributed by atoms with Crippen LogP contribution in [0, 0.1) is 6.92 Å². The van der Waals surface area contributed by atoms with Crippen LogP contribution in [0.1, 0.15) is 22.3 Å². The van der Waals surface area contributed by atoms with E-state index in [0.29, 0.717) is 11.2 Å². The number of benzene rings is 1. The lowest BCUT2D eigenvalue weighted by Crippen LogP contribution is -2.28. The molecule has 1 fully saturated rings. The van der Waals surface area contributed by atoms with Gasteiger partial charge in [0, 0.05) is 31.5 Å². The molecule has 26 heavy (non-hydrogen) atoms. The number of hydrogen-bond donors (Lipinski definition) is 2. The van der Waals surface area contributed by atoms with Crippen LogP contribution in [0.3, 0.4) is 0 Å². The number of aromatic nitrogens is 3. The number of nitrogens with one attached hydrogen (secondary N) is 2. The average Bonchev–Trinajstić information content (AvgIpc) is 2.88. The Bertz CT molecular complexity index is 927. The summed E-state index contributed by atoms with van der Waals surface area (Å²) in [6.45, 7) is 5.79. The summed E-state index contributed by atoms with van der Waals surface area (Å²) in [5, 5.41) is 10.6. The lowest BCUT2D eigenvalue weighted by atomic mass is 10.2. The third-order valence-corrected chi connectivity index (χ3v) is 4.66. The molecule has 0 atom stereocenters. The molecular weight excluding hydrogens is 328 g/mol. The molecule has 4 rings (SSSR count). The fourth-order valence-corrected chi connectivity index (χ4v) is 3.17. The Hall–Kier alpha value is -2.93. The third-order valence-electron chi connectivity index (χ3n) is 4.66. The summed E-state index contributed by atoms with van der Waals surface area (Å²) in [7, 11) is 0. The van der Waals surface area contributed by atoms with Crippen molar-refractivity contribution in [3.63, 3.8) is 0 Å². The van der Waals surface area contributed by atoms with Crippen molar-refractivity contribution in [3.8, 4) is 0 Å². The first-order valence-electron chi connectivity index (χ1n) is 8.89. The highest BCUT2D eigenvalue weighted by Crippen LogP contribution is 2.19. The van der Waals surface area contributed by atoms with Gasteiger partial charge in [-0.25, -0.2) is 9.50 Å². The van der Waals surface area contributed by atoms with Gasteiger partial charge in [-0.2, -0.15) is 5.10 Å². The minimum atomic E-state index is -0.198. The Morgan fingerprint density at radius 1 is 1.19 bits per heavy atom. The van der Waals surface area contributed by atoms with Gasteiger partial charge in [0.05, 0.1) is 6.20 Å². The monoisotopic (exact) mass is 350 g/mol. The molecule has 7 nitrogen and oxygen atoms in total. The number of anilines is 2. The number of para-hydroxylation sites is 1. The minimum absolute atomic E-state index is 0.198. The summed E-state index contributed by atoms with van der Waals surface area (Å²) < 4.78 is 1.65. The quantitative estimate of drug-likeness (QED) is 0.757. The zero-order valence-electron chi connectivity index (χ0n) is 14.8. The summed E-state index contributed by atoms with van der Waals surface area (Å²) in [4.78, 5) is 19.7. The summed E-state index contributed by atoms with van der Waals surface area (Å²) >= 11 is 0. The van der Waals surface area contributed by atoms with Gasteiger partial charge >= 0.3 is 0 Å². The molecule has 1 amide bonds. The molecule has 0 aliphatic carbocycles. The van der Waals surface area contributed by atoms with E-state index in [2.05, 4.69) is 20.6 Å². The number of carbonyl (C=O) groups excluding carboxylic acids is 1. The van der Waals surface area contributed by atoms with Gasteiger partial charge in [0.15, 0.2) is 5.65 Å². The molecule has 3 heterocycles. The van der Waals surface area contributed by atoms with E-state index in [4.69, 9.17) is 4.98 Å². The number of rotatable bonds is 3. The molecular formula is C19H22N6O. The zero-order chi connectivity index (χ0) is 17.9. The molecule has 2 N–H and O–H groups in total. The first kappa shape index (κ1) is 16.5. The van der Waals surface area contributed by atoms with E-state index in [9.17, 15) is 4.79 Å². The molecule has 3 aromatic rings. The number of fused-ring (bicyclic) bond motifs is 1. The lowest BCUT2D eigenvalue weighted by Gasteiger charge is -2.21. The Balaban J connectivity index is 1.64. The molecule has 0 saturated carbocycles. The number of nitrogens with zero attached hydrogens (tertiary/aromatic N) is 4. The Kier molecular flexibility index (Phi) is 4.53. The van der Waals surface area contributed by atoms with E-state index >= 15 is 0 Å². The van der Waals surface area contributed by atoms with Gasteiger partial charge in [0.25, 0.3) is 5.91 Å². The highest BCUT2D eigenvalue weighted by atomic mass is 16.1. The van der Waals surface area contributed by atoms with Gasteiger partial charge in [-0.3, -0.25) is 4.79 Å². The van der Waals surface area contributed by atoms with Crippen LogP contribution in [-0.2, 0) is 0 Å². The van der Waals surface area contributed by atoms with Crippen LogP contribution in [0.4, 0.5) is 11.5 Å². The average molecular weight is 350 g/mol. The number of hydrogen-bond acceptors (Lipinski definition) is 5. The third kappa shape index (κ3) is 3.25. The summed E-state index contributed by atoms with van der Waals surface area (Å²) in [6, 6.07) is 9.67. The van der Waals surface area contributed by atoms with Crippen LogP contribution in [0.15, 0.2) is 42.7 Å². The molecule has 0 spiro atoms. The SMILES string of the molecule is Cc1ccccc1NC(=O)c1cnn2ccc(N3CCCNCC3)nc12. The van der Waals surface area contributed by atoms with Crippen LogP contribution >= 0.6 is 0 Å². The van der Waals surface area contributed by atoms with Gasteiger partial charge in [-0.15, -0.1) is 0 Å². The van der Waals surface area contributed by atoms with E-state index in [-0.39, 0.29) is 5.91 Å². The van der Waals surface area contributed by atoms with Crippen molar-refractivity contribution in [2.45, 2.75) is 13.3 Å². The lowest BCUT2D eigenvalue weighted by molar-refractivity contribution is 0.102. The minimum Gasteiger partial charge on any atom is -0.355 e. The maximum Gasteiger partial charge on any atom is 0.261 e. The van der Waals surface area contributed by atoms with Crippen LogP contribution in [0.25, 0.3) is 5.65 Å². The normalized spacial score (nSPS) is 15.0. The van der Waals surface area contributed by atoms with Crippen LogP contribution in [0.5, 0.6) is 0 Å². The molecule has 7 heteroatoms. The second-order valence-electron chi connectivity index (χ2n) is 6.47. The predicted molar refractivity (Wildman–Crippen MR) is 102 cm³/mol. The molecule has 0 bridgehead atoms. The van der Waals surface area contributed by atoms with Crippen molar-refractivity contribution in [1.82, 2.24) is 19.9 Å². The zero-order valence-corrected chi connectivity index (χ0v) is 14.8. The molecule has 1 saturated heterocycles. The topological polar surface area (TPSA) is 74.6 Å². The van der Waals surface area contributed by atoms with Crippen LogP contribution in [0.2, 0.25) is 0 Å². The fraction of sp³-hybridized carbons (Fsp3) is 0.316. The van der Waals surface area contributed by atoms with Crippen molar-refractivity contribution in [2.75, 3.05) is 36.4 Å². The summed E-state index contributed by atoms with van der Waals surface area (Å²) in [6.07, 6.45) is 4.51. The molecule has 0 unspecified atom stereocenters. The molecule has 1 aromatic carbocycles. The standard InChI is InChI=1S/C19H22N6O/c1-14-5-2-3-6-16(14)22-19(26)15-13-21-25-11-7-17(23-18(15)25)24-10-4-8-20-9-12-24/h2-3,5-7,11,13,20H,4,8-10,12H2,1H3,(H,22,26). The van der Waals surface area contributed by atoms with Gasteiger partial charge < -0.3 is 15.5 Å². The van der Waals surface area contributed by atoms with E-state index in [0.717, 1.165) is 49.7 Å². The summed E-state index contributed by atoms with van der Waals surface area (Å²) in [5.41, 5.74) is 2.86. The van der Waals surface area contributed by atoms with Crippen LogP contribution in [-0.4, -0.2) is 46.7 Å². The number of aryl methyl sites for hydroxylation is 1. The first-order chi connectivity index (χ1) is 12.7. The van der Waals surface area contributed by atoms with E-state index < -0.39 is 0 Å². The highest BCUT2D eigenvalue weighted by Gasteiger charge is 2.17. The van der Waals surface area contributed by atoms with Gasteiger partial charge in [-0.05, 0) is 37.6 Å².